The first kappa shape index (κ1) is 13.9. The molecule has 0 radical (unpaired) electrons. The van der Waals surface area contributed by atoms with Gasteiger partial charge in [0.2, 0.25) is 0 Å². The van der Waals surface area contributed by atoms with Crippen LogP contribution in [-0.4, -0.2) is 50.3 Å². The smallest absolute Gasteiger partial charge is 0.0478 e. The summed E-state index contributed by atoms with van der Waals surface area (Å²) in [4.78, 5) is 2.67. The molecule has 1 N–H and O–H groups in total. The SMILES string of the molecule is CCCN(CCCOCC)C1CCNCC1. The van der Waals surface area contributed by atoms with E-state index in [9.17, 15) is 0 Å². The molecule has 0 aromatic carbocycles. The average molecular weight is 228 g/mol. The molecular formula is C13H28N2O. The number of nitrogens with one attached hydrogen (secondary N) is 1. The lowest BCUT2D eigenvalue weighted by Crippen LogP contribution is -2.44. The number of nitrogens with zero attached hydrogens (tertiary/aromatic N) is 1. The molecule has 1 fully saturated rings. The summed E-state index contributed by atoms with van der Waals surface area (Å²) in [6.45, 7) is 10.9. The summed E-state index contributed by atoms with van der Waals surface area (Å²) in [6.07, 6.45) is 5.07. The summed E-state index contributed by atoms with van der Waals surface area (Å²) < 4.78 is 5.41. The van der Waals surface area contributed by atoms with E-state index in [1.807, 2.05) is 0 Å². The van der Waals surface area contributed by atoms with Crippen LogP contribution in [-0.2, 0) is 4.74 Å². The molecule has 1 aliphatic rings. The second kappa shape index (κ2) is 8.97. The Balaban J connectivity index is 2.22. The zero-order valence-electron chi connectivity index (χ0n) is 11.0. The molecule has 3 nitrogen and oxygen atoms in total. The molecule has 0 atom stereocenters. The molecule has 1 heterocycles. The van der Waals surface area contributed by atoms with Crippen molar-refractivity contribution in [2.24, 2.45) is 0 Å². The molecule has 0 bridgehead atoms. The van der Waals surface area contributed by atoms with Crippen LogP contribution >= 0.6 is 0 Å². The van der Waals surface area contributed by atoms with Gasteiger partial charge in [0.25, 0.3) is 0 Å². The highest BCUT2D eigenvalue weighted by Crippen LogP contribution is 2.12. The van der Waals surface area contributed by atoms with Crippen LogP contribution < -0.4 is 5.32 Å². The van der Waals surface area contributed by atoms with Crippen molar-refractivity contribution in [2.45, 2.75) is 45.6 Å². The third kappa shape index (κ3) is 5.28. The molecule has 1 saturated heterocycles. The van der Waals surface area contributed by atoms with E-state index in [0.717, 1.165) is 19.3 Å². The maximum atomic E-state index is 5.41. The molecule has 96 valence electrons. The molecule has 0 unspecified atom stereocenters. The standard InChI is InChI=1S/C13H28N2O/c1-3-10-15(11-5-12-16-4-2)13-6-8-14-9-7-13/h13-14H,3-12H2,1-2H3. The first-order valence-electron chi connectivity index (χ1n) is 6.91. The van der Waals surface area contributed by atoms with Gasteiger partial charge < -0.3 is 15.0 Å². The van der Waals surface area contributed by atoms with Crippen molar-refractivity contribution >= 4 is 0 Å². The van der Waals surface area contributed by atoms with Crippen LogP contribution in [0.3, 0.4) is 0 Å². The number of piperidine rings is 1. The van der Waals surface area contributed by atoms with Gasteiger partial charge in [-0.15, -0.1) is 0 Å². The van der Waals surface area contributed by atoms with Crippen molar-refractivity contribution in [3.8, 4) is 0 Å². The van der Waals surface area contributed by atoms with Crippen LogP contribution in [0.5, 0.6) is 0 Å². The van der Waals surface area contributed by atoms with E-state index in [1.54, 1.807) is 0 Å². The Labute approximate surface area is 101 Å². The third-order valence-electron chi connectivity index (χ3n) is 3.27. The van der Waals surface area contributed by atoms with Gasteiger partial charge in [-0.2, -0.15) is 0 Å². The number of ether oxygens (including phenoxy) is 1. The highest BCUT2D eigenvalue weighted by Gasteiger charge is 2.19. The average Bonchev–Trinajstić information content (AvgIpc) is 2.34. The maximum Gasteiger partial charge on any atom is 0.0478 e. The molecule has 0 amide bonds. The van der Waals surface area contributed by atoms with Crippen LogP contribution in [0.25, 0.3) is 0 Å². The summed E-state index contributed by atoms with van der Waals surface area (Å²) in [5.74, 6) is 0. The van der Waals surface area contributed by atoms with E-state index in [2.05, 4.69) is 24.1 Å². The fourth-order valence-corrected chi connectivity index (χ4v) is 2.45. The van der Waals surface area contributed by atoms with Crippen LogP contribution in [0.1, 0.15) is 39.5 Å². The van der Waals surface area contributed by atoms with Crippen molar-refractivity contribution in [3.05, 3.63) is 0 Å². The van der Waals surface area contributed by atoms with Gasteiger partial charge in [-0.05, 0) is 52.2 Å². The Morgan fingerprint density at radius 1 is 1.19 bits per heavy atom. The van der Waals surface area contributed by atoms with Crippen molar-refractivity contribution in [3.63, 3.8) is 0 Å². The van der Waals surface area contributed by atoms with E-state index < -0.39 is 0 Å². The highest BCUT2D eigenvalue weighted by molar-refractivity contribution is 4.77. The molecule has 16 heavy (non-hydrogen) atoms. The van der Waals surface area contributed by atoms with Crippen LogP contribution in [0, 0.1) is 0 Å². The van der Waals surface area contributed by atoms with Gasteiger partial charge in [0.1, 0.15) is 0 Å². The maximum absolute atomic E-state index is 5.41. The summed E-state index contributed by atoms with van der Waals surface area (Å²) in [6, 6.07) is 0.808. The van der Waals surface area contributed by atoms with Crippen LogP contribution in [0.4, 0.5) is 0 Å². The zero-order chi connectivity index (χ0) is 11.6. The lowest BCUT2D eigenvalue weighted by molar-refractivity contribution is 0.112. The Morgan fingerprint density at radius 2 is 1.94 bits per heavy atom. The van der Waals surface area contributed by atoms with Gasteiger partial charge in [0.15, 0.2) is 0 Å². The fourth-order valence-electron chi connectivity index (χ4n) is 2.45. The quantitative estimate of drug-likeness (QED) is 0.642. The zero-order valence-corrected chi connectivity index (χ0v) is 11.0. The lowest BCUT2D eigenvalue weighted by Gasteiger charge is -2.34. The minimum atomic E-state index is 0.808. The topological polar surface area (TPSA) is 24.5 Å². The molecule has 0 aromatic rings. The molecule has 0 spiro atoms. The van der Waals surface area contributed by atoms with E-state index in [0.29, 0.717) is 0 Å². The van der Waals surface area contributed by atoms with Gasteiger partial charge >= 0.3 is 0 Å². The van der Waals surface area contributed by atoms with E-state index in [-0.39, 0.29) is 0 Å². The molecule has 0 saturated carbocycles. The van der Waals surface area contributed by atoms with Crippen molar-refractivity contribution in [1.82, 2.24) is 10.2 Å². The Hall–Kier alpha value is -0.120. The fraction of sp³-hybridized carbons (Fsp3) is 1.00. The predicted octanol–water partition coefficient (Wildman–Crippen LogP) is 1.88. The largest absolute Gasteiger partial charge is 0.382 e. The van der Waals surface area contributed by atoms with Gasteiger partial charge in [-0.1, -0.05) is 6.92 Å². The molecule has 3 heteroatoms. The summed E-state index contributed by atoms with van der Waals surface area (Å²) >= 11 is 0. The molecule has 1 rings (SSSR count). The van der Waals surface area contributed by atoms with Gasteiger partial charge in [0, 0.05) is 25.8 Å². The van der Waals surface area contributed by atoms with Gasteiger partial charge in [-0.3, -0.25) is 0 Å². The Morgan fingerprint density at radius 3 is 2.56 bits per heavy atom. The number of hydrogen-bond acceptors (Lipinski definition) is 3. The third-order valence-corrected chi connectivity index (χ3v) is 3.27. The van der Waals surface area contributed by atoms with Crippen LogP contribution in [0.15, 0.2) is 0 Å². The van der Waals surface area contributed by atoms with E-state index >= 15 is 0 Å². The van der Waals surface area contributed by atoms with Gasteiger partial charge in [0.05, 0.1) is 0 Å². The normalized spacial score (nSPS) is 18.2. The van der Waals surface area contributed by atoms with Crippen molar-refractivity contribution in [2.75, 3.05) is 39.4 Å². The van der Waals surface area contributed by atoms with Crippen molar-refractivity contribution in [1.29, 1.82) is 0 Å². The number of hydrogen-bond donors (Lipinski definition) is 1. The first-order chi connectivity index (χ1) is 7.88. The Bertz CT molecular complexity index is 158. The van der Waals surface area contributed by atoms with E-state index in [4.69, 9.17) is 4.74 Å². The minimum absolute atomic E-state index is 0.808. The van der Waals surface area contributed by atoms with Crippen molar-refractivity contribution < 1.29 is 4.74 Å². The highest BCUT2D eigenvalue weighted by atomic mass is 16.5. The summed E-state index contributed by atoms with van der Waals surface area (Å²) in [5, 5.41) is 3.44. The van der Waals surface area contributed by atoms with Gasteiger partial charge in [-0.25, -0.2) is 0 Å². The first-order valence-corrected chi connectivity index (χ1v) is 6.91. The minimum Gasteiger partial charge on any atom is -0.382 e. The predicted molar refractivity (Wildman–Crippen MR) is 68.9 cm³/mol. The molecule has 0 aromatic heterocycles. The monoisotopic (exact) mass is 228 g/mol. The molecular weight excluding hydrogens is 200 g/mol. The summed E-state index contributed by atoms with van der Waals surface area (Å²) in [7, 11) is 0. The number of rotatable bonds is 8. The molecule has 0 aliphatic carbocycles. The van der Waals surface area contributed by atoms with E-state index in [1.165, 1.54) is 51.9 Å². The Kier molecular flexibility index (Phi) is 7.81. The lowest BCUT2D eigenvalue weighted by atomic mass is 10.0. The second-order valence-corrected chi connectivity index (χ2v) is 4.57. The summed E-state index contributed by atoms with van der Waals surface area (Å²) in [5.41, 5.74) is 0. The molecule has 1 aliphatic heterocycles. The van der Waals surface area contributed by atoms with Crippen LogP contribution in [0.2, 0.25) is 0 Å². The second-order valence-electron chi connectivity index (χ2n) is 4.57.